The van der Waals surface area contributed by atoms with Gasteiger partial charge in [-0.2, -0.15) is 5.10 Å². The maximum absolute atomic E-state index is 13.6. The number of ether oxygens (including phenoxy) is 1. The average molecular weight is 924 g/mol. The molecule has 4 aliphatic rings. The fourth-order valence-corrected chi connectivity index (χ4v) is 9.77. The van der Waals surface area contributed by atoms with Gasteiger partial charge in [-0.25, -0.2) is 14.6 Å². The van der Waals surface area contributed by atoms with E-state index < -0.39 is 29.7 Å². The van der Waals surface area contributed by atoms with Gasteiger partial charge in [-0.3, -0.25) is 43.9 Å². The van der Waals surface area contributed by atoms with Gasteiger partial charge in [0, 0.05) is 76.3 Å². The zero-order valence-corrected chi connectivity index (χ0v) is 38.1. The minimum absolute atomic E-state index is 0.0626. The third-order valence-electron chi connectivity index (χ3n) is 13.4. The molecule has 68 heavy (non-hydrogen) atoms. The van der Waals surface area contributed by atoms with Crippen LogP contribution in [0.4, 0.5) is 11.5 Å². The Morgan fingerprint density at radius 2 is 1.51 bits per heavy atom. The summed E-state index contributed by atoms with van der Waals surface area (Å²) in [7, 11) is 0. The molecule has 0 radical (unpaired) electrons. The zero-order valence-electron chi connectivity index (χ0n) is 38.1. The second-order valence-corrected chi connectivity index (χ2v) is 17.9. The Bertz CT molecular complexity index is 2680. The largest absolute Gasteiger partial charge is 0.457 e. The molecule has 18 heteroatoms. The first-order chi connectivity index (χ1) is 33.1. The third-order valence-corrected chi connectivity index (χ3v) is 13.4. The van der Waals surface area contributed by atoms with Crippen molar-refractivity contribution in [2.24, 2.45) is 0 Å². The normalized spacial score (nSPS) is 18.8. The first kappa shape index (κ1) is 45.9. The molecule has 4 aliphatic heterocycles. The van der Waals surface area contributed by atoms with E-state index in [-0.39, 0.29) is 41.8 Å². The Morgan fingerprint density at radius 1 is 0.765 bits per heavy atom. The van der Waals surface area contributed by atoms with Crippen LogP contribution in [-0.2, 0) is 19.2 Å². The van der Waals surface area contributed by atoms with E-state index in [9.17, 15) is 28.8 Å². The number of nitrogens with zero attached hydrogens (tertiary/aromatic N) is 8. The van der Waals surface area contributed by atoms with Gasteiger partial charge in [0.1, 0.15) is 35.4 Å². The second kappa shape index (κ2) is 20.8. The van der Waals surface area contributed by atoms with E-state index in [4.69, 9.17) is 15.6 Å². The van der Waals surface area contributed by atoms with Gasteiger partial charge in [0.2, 0.25) is 23.6 Å². The number of nitrogen functional groups attached to an aromatic ring is 1. The molecule has 0 bridgehead atoms. The number of piperidine rings is 2. The van der Waals surface area contributed by atoms with E-state index >= 15 is 0 Å². The highest BCUT2D eigenvalue weighted by atomic mass is 16.5. The number of fused-ring (bicyclic) bond motifs is 2. The maximum Gasteiger partial charge on any atom is 0.264 e. The van der Waals surface area contributed by atoms with Crippen LogP contribution in [0.5, 0.6) is 11.5 Å². The molecule has 4 N–H and O–H groups in total. The van der Waals surface area contributed by atoms with Crippen LogP contribution in [0.15, 0.2) is 79.1 Å². The van der Waals surface area contributed by atoms with Gasteiger partial charge in [0.25, 0.3) is 11.8 Å². The predicted octanol–water partition coefficient (Wildman–Crippen LogP) is 5.42. The van der Waals surface area contributed by atoms with E-state index in [2.05, 4.69) is 25.5 Å². The summed E-state index contributed by atoms with van der Waals surface area (Å²) in [5, 5.41) is 11.2. The summed E-state index contributed by atoms with van der Waals surface area (Å²) in [4.78, 5) is 93.3. The number of nitrogens with two attached hydrogens (primary N) is 1. The molecule has 0 saturated carbocycles. The lowest BCUT2D eigenvalue weighted by Crippen LogP contribution is -2.54. The average Bonchev–Trinajstić information content (AvgIpc) is 3.87. The van der Waals surface area contributed by atoms with Crippen LogP contribution >= 0.6 is 0 Å². The number of nitrogens with one attached hydrogen (secondary N) is 2. The minimum atomic E-state index is -1.01. The summed E-state index contributed by atoms with van der Waals surface area (Å²) in [6, 6.07) is 21.3. The molecular weight excluding hydrogens is 867 g/mol. The Balaban J connectivity index is 0.673. The van der Waals surface area contributed by atoms with Gasteiger partial charge < -0.3 is 25.6 Å². The molecule has 2 unspecified atom stereocenters. The number of rotatable bonds is 17. The molecule has 2 aromatic heterocycles. The monoisotopic (exact) mass is 923 g/mol. The first-order valence-corrected chi connectivity index (χ1v) is 23.8. The van der Waals surface area contributed by atoms with Gasteiger partial charge in [-0.05, 0) is 93.6 Å². The van der Waals surface area contributed by atoms with Gasteiger partial charge in [-0.1, -0.05) is 37.1 Å². The Morgan fingerprint density at radius 3 is 2.31 bits per heavy atom. The topological polar surface area (TPSA) is 218 Å². The SMILES string of the molecule is Nc1ncnc2c1c(-c1ccc(Oc3ccccc3)cc1)nn2C1CCCN(C(=O)CCCN2CCN(C(=O)CCCCCCNc3cccc4c3C(=O)N(C3CCC(=O)NC3=O)C4=O)CC2)C1. The number of carbonyl (C=O) groups excluding carboxylic acids is 6. The standard InChI is InChI=1S/C50H57N11O7/c51-46-44-45(33-18-20-36(21-19-33)68-35-12-4-3-5-13-35)56-61(47(44)54-32-53-46)34-11-9-26-59(31-34)42(64)17-10-25-57-27-29-58(30-28-57)41(63)16-6-1-2-7-24-52-38-15-8-14-37-43(38)50(67)60(49(37)66)39-22-23-40(62)55-48(39)65/h3-5,8,12-15,18-21,32,34,39,52H,1-2,6-7,9-11,16-17,22-31H2,(H2,51,53,54)(H,55,62,65). The smallest absolute Gasteiger partial charge is 0.264 e. The number of amides is 6. The number of carbonyl (C=O) groups is 6. The maximum atomic E-state index is 13.6. The Labute approximate surface area is 394 Å². The molecule has 354 valence electrons. The molecule has 6 heterocycles. The quantitative estimate of drug-likeness (QED) is 0.0785. The number of anilines is 2. The van der Waals surface area contributed by atoms with Crippen molar-refractivity contribution >= 4 is 58.0 Å². The number of para-hydroxylation sites is 1. The van der Waals surface area contributed by atoms with Crippen molar-refractivity contribution in [3.63, 3.8) is 0 Å². The number of piperazine rings is 1. The summed E-state index contributed by atoms with van der Waals surface area (Å²) in [5.41, 5.74) is 9.66. The molecule has 3 saturated heterocycles. The summed E-state index contributed by atoms with van der Waals surface area (Å²) >= 11 is 0. The van der Waals surface area contributed by atoms with Crippen LogP contribution in [0.1, 0.15) is 97.4 Å². The van der Waals surface area contributed by atoms with Crippen LogP contribution in [0.25, 0.3) is 22.3 Å². The summed E-state index contributed by atoms with van der Waals surface area (Å²) < 4.78 is 7.92. The van der Waals surface area contributed by atoms with Crippen LogP contribution in [0.2, 0.25) is 0 Å². The van der Waals surface area contributed by atoms with Crippen LogP contribution < -0.4 is 21.1 Å². The molecule has 0 spiro atoms. The lowest BCUT2D eigenvalue weighted by Gasteiger charge is -2.35. The third kappa shape index (κ3) is 10.0. The predicted molar refractivity (Wildman–Crippen MR) is 253 cm³/mol. The van der Waals surface area contributed by atoms with Gasteiger partial charge >= 0.3 is 0 Å². The van der Waals surface area contributed by atoms with Crippen LogP contribution in [-0.4, -0.2) is 133 Å². The van der Waals surface area contributed by atoms with Crippen molar-refractivity contribution in [1.82, 2.24) is 44.7 Å². The summed E-state index contributed by atoms with van der Waals surface area (Å²) in [5.74, 6) is -0.00326. The number of likely N-dealkylation sites (tertiary alicyclic amines) is 1. The molecule has 6 amide bonds. The molecule has 18 nitrogen and oxygen atoms in total. The van der Waals surface area contributed by atoms with Crippen molar-refractivity contribution in [1.29, 1.82) is 0 Å². The molecule has 2 atom stereocenters. The fraction of sp³-hybridized carbons (Fsp3) is 0.420. The highest BCUT2D eigenvalue weighted by Crippen LogP contribution is 2.36. The van der Waals surface area contributed by atoms with Crippen molar-refractivity contribution in [3.8, 4) is 22.8 Å². The highest BCUT2D eigenvalue weighted by molar-refractivity contribution is 6.25. The van der Waals surface area contributed by atoms with Crippen LogP contribution in [0, 0.1) is 0 Å². The first-order valence-electron chi connectivity index (χ1n) is 23.8. The van der Waals surface area contributed by atoms with E-state index in [1.54, 1.807) is 18.2 Å². The van der Waals surface area contributed by atoms with E-state index in [1.165, 1.54) is 6.33 Å². The number of imide groups is 2. The molecule has 3 fully saturated rings. The molecule has 0 aliphatic carbocycles. The Kier molecular flexibility index (Phi) is 14.0. The van der Waals surface area contributed by atoms with Crippen molar-refractivity contribution in [2.45, 2.75) is 82.7 Å². The van der Waals surface area contributed by atoms with E-state index in [0.29, 0.717) is 79.5 Å². The number of hydrogen-bond acceptors (Lipinski definition) is 13. The lowest BCUT2D eigenvalue weighted by atomic mass is 10.0. The fourth-order valence-electron chi connectivity index (χ4n) is 9.77. The number of unbranched alkanes of at least 4 members (excludes halogenated alkanes) is 3. The van der Waals surface area contributed by atoms with Crippen molar-refractivity contribution in [3.05, 3.63) is 90.3 Å². The van der Waals surface area contributed by atoms with Crippen molar-refractivity contribution < 1.29 is 33.5 Å². The second-order valence-electron chi connectivity index (χ2n) is 17.9. The van der Waals surface area contributed by atoms with Crippen LogP contribution in [0.3, 0.4) is 0 Å². The molecule has 3 aromatic carbocycles. The van der Waals surface area contributed by atoms with Crippen molar-refractivity contribution in [2.75, 3.05) is 63.4 Å². The van der Waals surface area contributed by atoms with E-state index in [1.807, 2.05) is 69.1 Å². The lowest BCUT2D eigenvalue weighted by molar-refractivity contribution is -0.136. The molecular formula is C50H57N11O7. The molecule has 9 rings (SSSR count). The number of aromatic nitrogens is 4. The Hall–Kier alpha value is -7.21. The van der Waals surface area contributed by atoms with Gasteiger partial charge in [0.15, 0.2) is 5.65 Å². The highest BCUT2D eigenvalue weighted by Gasteiger charge is 2.45. The number of hydrogen-bond donors (Lipinski definition) is 3. The summed E-state index contributed by atoms with van der Waals surface area (Å²) in [6.45, 7) is 5.52. The van der Waals surface area contributed by atoms with Gasteiger partial charge in [-0.15, -0.1) is 0 Å². The van der Waals surface area contributed by atoms with Gasteiger partial charge in [0.05, 0.1) is 22.6 Å². The summed E-state index contributed by atoms with van der Waals surface area (Å²) in [6.07, 6.45) is 8.40. The van der Waals surface area contributed by atoms with E-state index in [0.717, 1.165) is 80.8 Å². The zero-order chi connectivity index (χ0) is 47.1. The number of benzene rings is 3. The minimum Gasteiger partial charge on any atom is -0.457 e. The molecule has 5 aromatic rings.